The number of nitro groups is 1. The molecule has 2 aromatic carbocycles. The molecule has 4 rings (SSSR count). The van der Waals surface area contributed by atoms with E-state index in [1.54, 1.807) is 24.3 Å². The highest BCUT2D eigenvalue weighted by atomic mass is 35.5. The van der Waals surface area contributed by atoms with Gasteiger partial charge in [0, 0.05) is 24.2 Å². The van der Waals surface area contributed by atoms with Gasteiger partial charge in [-0.1, -0.05) is 35.9 Å². The van der Waals surface area contributed by atoms with Crippen LogP contribution in [-0.2, 0) is 0 Å². The maximum atomic E-state index is 11.9. The first-order valence-electron chi connectivity index (χ1n) is 10.3. The van der Waals surface area contributed by atoms with Gasteiger partial charge in [-0.05, 0) is 41.8 Å². The second kappa shape index (κ2) is 10.3. The minimum atomic E-state index is -0.533. The maximum Gasteiger partial charge on any atom is 0.373 e. The van der Waals surface area contributed by atoms with Crippen molar-refractivity contribution in [1.82, 2.24) is 9.97 Å². The average molecular weight is 469 g/mol. The highest BCUT2D eigenvalue weighted by molar-refractivity contribution is 6.30. The summed E-state index contributed by atoms with van der Waals surface area (Å²) >= 11 is 5.97. The van der Waals surface area contributed by atoms with Crippen molar-refractivity contribution in [2.75, 3.05) is 31.2 Å². The monoisotopic (exact) mass is 468 g/mol. The van der Waals surface area contributed by atoms with Gasteiger partial charge in [0.1, 0.15) is 24.4 Å². The number of nitrogens with zero attached hydrogens (tertiary/aromatic N) is 4. The van der Waals surface area contributed by atoms with Crippen LogP contribution in [0.2, 0.25) is 5.02 Å². The van der Waals surface area contributed by atoms with E-state index in [2.05, 4.69) is 9.97 Å². The predicted octanol–water partition coefficient (Wildman–Crippen LogP) is 4.50. The molecule has 2 heterocycles. The largest absolute Gasteiger partial charge is 0.491 e. The van der Waals surface area contributed by atoms with Gasteiger partial charge >= 0.3 is 11.6 Å². The smallest absolute Gasteiger partial charge is 0.373 e. The van der Waals surface area contributed by atoms with E-state index in [9.17, 15) is 10.1 Å². The van der Waals surface area contributed by atoms with Crippen molar-refractivity contribution >= 4 is 28.7 Å². The summed E-state index contributed by atoms with van der Waals surface area (Å²) in [6.07, 6.45) is 3.98. The Morgan fingerprint density at radius 3 is 2.64 bits per heavy atom. The number of halogens is 1. The Morgan fingerprint density at radius 2 is 1.94 bits per heavy atom. The first-order valence-corrected chi connectivity index (χ1v) is 10.6. The fourth-order valence-corrected chi connectivity index (χ4v) is 3.64. The fraction of sp³-hybridized carbons (Fsp3) is 0.217. The van der Waals surface area contributed by atoms with E-state index in [0.717, 1.165) is 11.1 Å². The van der Waals surface area contributed by atoms with Crippen LogP contribution in [0.4, 0.5) is 11.5 Å². The van der Waals surface area contributed by atoms with Crippen molar-refractivity contribution in [3.63, 3.8) is 0 Å². The van der Waals surface area contributed by atoms with Crippen molar-refractivity contribution in [3.05, 3.63) is 81.6 Å². The minimum absolute atomic E-state index is 0.127. The molecule has 0 amide bonds. The van der Waals surface area contributed by atoms with E-state index >= 15 is 0 Å². The molecule has 0 aliphatic carbocycles. The average Bonchev–Trinajstić information content (AvgIpc) is 2.83. The molecule has 1 aliphatic rings. The van der Waals surface area contributed by atoms with Gasteiger partial charge in [0.05, 0.1) is 11.5 Å². The number of aliphatic hydroxyl groups is 1. The van der Waals surface area contributed by atoms with E-state index in [1.165, 1.54) is 6.33 Å². The van der Waals surface area contributed by atoms with Crippen LogP contribution in [0.15, 0.2) is 60.9 Å². The van der Waals surface area contributed by atoms with Crippen molar-refractivity contribution in [1.29, 1.82) is 0 Å². The summed E-state index contributed by atoms with van der Waals surface area (Å²) in [5, 5.41) is 21.5. The zero-order chi connectivity index (χ0) is 23.2. The van der Waals surface area contributed by atoms with Crippen LogP contribution in [0.3, 0.4) is 0 Å². The lowest BCUT2D eigenvalue weighted by Crippen LogP contribution is -2.29. The second-order valence-corrected chi connectivity index (χ2v) is 7.63. The Hall–Kier alpha value is -3.69. The molecule has 0 fully saturated rings. The molecule has 0 unspecified atom stereocenters. The molecular weight excluding hydrogens is 448 g/mol. The van der Waals surface area contributed by atoms with Gasteiger partial charge in [-0.2, -0.15) is 4.98 Å². The molecule has 10 heteroatoms. The summed E-state index contributed by atoms with van der Waals surface area (Å²) in [5.41, 5.74) is 1.92. The molecular formula is C23H21ClN4O5. The van der Waals surface area contributed by atoms with Gasteiger partial charge < -0.3 is 19.5 Å². The molecule has 0 bridgehead atoms. The topological polar surface area (TPSA) is 111 Å². The first-order chi connectivity index (χ1) is 16.0. The highest BCUT2D eigenvalue weighted by Crippen LogP contribution is 2.38. The molecule has 0 atom stereocenters. The molecule has 0 spiro atoms. The van der Waals surface area contributed by atoms with Crippen LogP contribution in [0.5, 0.6) is 17.4 Å². The second-order valence-electron chi connectivity index (χ2n) is 7.19. The van der Waals surface area contributed by atoms with Crippen molar-refractivity contribution in [2.24, 2.45) is 0 Å². The van der Waals surface area contributed by atoms with E-state index in [-0.39, 0.29) is 30.6 Å². The SMILES string of the molecule is O=[N+]([O-])c1c(Oc2cccc(OCCO)c2)ncnc1N1CC=C(c2ccc(Cl)cc2)CC1. The maximum absolute atomic E-state index is 11.9. The van der Waals surface area contributed by atoms with E-state index in [4.69, 9.17) is 26.2 Å². The van der Waals surface area contributed by atoms with Gasteiger partial charge in [0.15, 0.2) is 0 Å². The molecule has 0 radical (unpaired) electrons. The molecule has 1 N–H and O–H groups in total. The summed E-state index contributed by atoms with van der Waals surface area (Å²) in [6, 6.07) is 14.2. The number of ether oxygens (including phenoxy) is 2. The number of benzene rings is 2. The molecule has 3 aromatic rings. The van der Waals surface area contributed by atoms with Crippen LogP contribution in [-0.4, -0.2) is 46.3 Å². The van der Waals surface area contributed by atoms with Crippen LogP contribution in [0, 0.1) is 10.1 Å². The molecule has 170 valence electrons. The van der Waals surface area contributed by atoms with Gasteiger partial charge in [-0.3, -0.25) is 10.1 Å². The normalized spacial score (nSPS) is 13.4. The van der Waals surface area contributed by atoms with E-state index in [1.807, 2.05) is 35.2 Å². The number of hydrogen-bond acceptors (Lipinski definition) is 8. The van der Waals surface area contributed by atoms with Crippen LogP contribution in [0.1, 0.15) is 12.0 Å². The van der Waals surface area contributed by atoms with Gasteiger partial charge in [-0.25, -0.2) is 4.98 Å². The lowest BCUT2D eigenvalue weighted by atomic mass is 9.99. The predicted molar refractivity (Wildman–Crippen MR) is 124 cm³/mol. The third kappa shape index (κ3) is 5.39. The number of anilines is 1. The van der Waals surface area contributed by atoms with Crippen molar-refractivity contribution in [2.45, 2.75) is 6.42 Å². The number of rotatable bonds is 8. The molecule has 1 aromatic heterocycles. The summed E-state index contributed by atoms with van der Waals surface area (Å²) in [7, 11) is 0. The molecule has 0 saturated heterocycles. The lowest BCUT2D eigenvalue weighted by molar-refractivity contribution is -0.385. The summed E-state index contributed by atoms with van der Waals surface area (Å²) in [4.78, 5) is 21.4. The summed E-state index contributed by atoms with van der Waals surface area (Å²) in [6.45, 7) is 1.01. The zero-order valence-corrected chi connectivity index (χ0v) is 18.3. The molecule has 33 heavy (non-hydrogen) atoms. The molecule has 0 saturated carbocycles. The van der Waals surface area contributed by atoms with Crippen LogP contribution in [0.25, 0.3) is 5.57 Å². The number of aliphatic hydroxyl groups excluding tert-OH is 1. The minimum Gasteiger partial charge on any atom is -0.491 e. The van der Waals surface area contributed by atoms with Gasteiger partial charge in [-0.15, -0.1) is 0 Å². The Kier molecular flexibility index (Phi) is 7.01. The Labute approximate surface area is 195 Å². The Bertz CT molecular complexity index is 1170. The Balaban J connectivity index is 1.57. The third-order valence-corrected chi connectivity index (χ3v) is 5.31. The van der Waals surface area contributed by atoms with Crippen molar-refractivity contribution < 1.29 is 19.5 Å². The van der Waals surface area contributed by atoms with Crippen molar-refractivity contribution in [3.8, 4) is 17.4 Å². The number of aromatic nitrogens is 2. The van der Waals surface area contributed by atoms with E-state index in [0.29, 0.717) is 36.0 Å². The zero-order valence-electron chi connectivity index (χ0n) is 17.6. The Morgan fingerprint density at radius 1 is 1.15 bits per heavy atom. The summed E-state index contributed by atoms with van der Waals surface area (Å²) in [5.74, 6) is 0.831. The highest BCUT2D eigenvalue weighted by Gasteiger charge is 2.29. The molecule has 9 nitrogen and oxygen atoms in total. The quantitative estimate of drug-likeness (QED) is 0.380. The first kappa shape index (κ1) is 22.5. The third-order valence-electron chi connectivity index (χ3n) is 5.06. The van der Waals surface area contributed by atoms with E-state index < -0.39 is 4.92 Å². The van der Waals surface area contributed by atoms with Crippen LogP contribution < -0.4 is 14.4 Å². The summed E-state index contributed by atoms with van der Waals surface area (Å²) < 4.78 is 11.1. The standard InChI is InChI=1S/C23H21ClN4O5/c24-18-6-4-16(5-7-18)17-8-10-27(11-9-17)22-21(28(30)31)23(26-15-25-22)33-20-3-1-2-19(14-20)32-13-12-29/h1-8,14-15,29H,9-13H2. The molecule has 1 aliphatic heterocycles. The van der Waals surface area contributed by atoms with Gasteiger partial charge in [0.2, 0.25) is 5.82 Å². The lowest BCUT2D eigenvalue weighted by Gasteiger charge is -2.27. The van der Waals surface area contributed by atoms with Gasteiger partial charge in [0.25, 0.3) is 0 Å². The number of hydrogen-bond donors (Lipinski definition) is 1. The fourth-order valence-electron chi connectivity index (χ4n) is 3.51. The van der Waals surface area contributed by atoms with Crippen LogP contribution >= 0.6 is 11.6 Å².